The third-order valence-corrected chi connectivity index (χ3v) is 3.98. The van der Waals surface area contributed by atoms with Gasteiger partial charge in [-0.25, -0.2) is 13.5 Å². The average Bonchev–Trinajstić information content (AvgIpc) is 2.96. The van der Waals surface area contributed by atoms with Gasteiger partial charge in [-0.05, 0) is 25.8 Å². The third kappa shape index (κ3) is 3.75. The number of aromatic nitrogens is 4. The maximum Gasteiger partial charge on any atom is 0.248 e. The molecule has 2 aromatic heterocycles. The Bertz CT molecular complexity index is 674. The summed E-state index contributed by atoms with van der Waals surface area (Å²) in [6, 6.07) is 3.64. The summed E-state index contributed by atoms with van der Waals surface area (Å²) < 4.78 is 28.1. The van der Waals surface area contributed by atoms with Crippen LogP contribution >= 0.6 is 0 Å². The van der Waals surface area contributed by atoms with Gasteiger partial charge in [0.15, 0.2) is 5.82 Å². The molecule has 2 heterocycles. The van der Waals surface area contributed by atoms with E-state index in [0.29, 0.717) is 30.4 Å². The first-order valence-corrected chi connectivity index (χ1v) is 7.69. The zero-order chi connectivity index (χ0) is 16.4. The van der Waals surface area contributed by atoms with Crippen LogP contribution in [-0.4, -0.2) is 38.8 Å². The van der Waals surface area contributed by atoms with Crippen molar-refractivity contribution in [3.63, 3.8) is 0 Å². The van der Waals surface area contributed by atoms with Crippen molar-refractivity contribution in [2.75, 3.05) is 17.7 Å². The highest BCUT2D eigenvalue weighted by Gasteiger charge is 2.35. The quantitative estimate of drug-likeness (QED) is 0.906. The highest BCUT2D eigenvalue weighted by molar-refractivity contribution is 5.47. The Balaban J connectivity index is 1.79. The van der Waals surface area contributed by atoms with E-state index < -0.39 is 5.92 Å². The second-order valence-corrected chi connectivity index (χ2v) is 5.86. The molecule has 8 heteroatoms. The van der Waals surface area contributed by atoms with Gasteiger partial charge in [-0.1, -0.05) is 0 Å². The van der Waals surface area contributed by atoms with Gasteiger partial charge in [0.05, 0.1) is 5.69 Å². The molecular weight excluding hydrogens is 302 g/mol. The summed E-state index contributed by atoms with van der Waals surface area (Å²) in [6.07, 6.45) is 2.46. The molecule has 2 aromatic rings. The molecule has 0 aliphatic heterocycles. The van der Waals surface area contributed by atoms with Crippen LogP contribution in [0.4, 0.5) is 20.5 Å². The minimum absolute atomic E-state index is 0.0334. The van der Waals surface area contributed by atoms with E-state index in [4.69, 9.17) is 0 Å². The molecule has 0 radical (unpaired) electrons. The molecule has 6 nitrogen and oxygen atoms in total. The van der Waals surface area contributed by atoms with Crippen molar-refractivity contribution >= 4 is 11.8 Å². The average molecular weight is 322 g/mol. The number of hydrogen-bond acceptors (Lipinski definition) is 5. The van der Waals surface area contributed by atoms with Crippen LogP contribution < -0.4 is 10.6 Å². The smallest absolute Gasteiger partial charge is 0.248 e. The minimum Gasteiger partial charge on any atom is -0.373 e. The monoisotopic (exact) mass is 322 g/mol. The zero-order valence-corrected chi connectivity index (χ0v) is 13.2. The predicted molar refractivity (Wildman–Crippen MR) is 84.3 cm³/mol. The lowest BCUT2D eigenvalue weighted by Gasteiger charge is -2.28. The number of hydrogen-bond donors (Lipinski definition) is 2. The van der Waals surface area contributed by atoms with Crippen LogP contribution in [0.5, 0.6) is 0 Å². The molecule has 1 saturated carbocycles. The van der Waals surface area contributed by atoms with Gasteiger partial charge >= 0.3 is 0 Å². The van der Waals surface area contributed by atoms with Crippen LogP contribution in [0, 0.1) is 6.92 Å². The highest BCUT2D eigenvalue weighted by Crippen LogP contribution is 2.34. The molecule has 23 heavy (non-hydrogen) atoms. The molecule has 1 fully saturated rings. The van der Waals surface area contributed by atoms with Crippen LogP contribution in [0.15, 0.2) is 18.3 Å². The van der Waals surface area contributed by atoms with E-state index in [1.54, 1.807) is 17.8 Å². The van der Waals surface area contributed by atoms with E-state index in [1.165, 1.54) is 0 Å². The van der Waals surface area contributed by atoms with Crippen LogP contribution in [0.2, 0.25) is 0 Å². The summed E-state index contributed by atoms with van der Waals surface area (Å²) in [5.74, 6) is -0.841. The Morgan fingerprint density at radius 2 is 2.00 bits per heavy atom. The minimum atomic E-state index is -2.54. The van der Waals surface area contributed by atoms with Crippen LogP contribution in [-0.2, 0) is 0 Å². The van der Waals surface area contributed by atoms with Crippen molar-refractivity contribution in [3.05, 3.63) is 24.0 Å². The molecule has 1 aliphatic rings. The fourth-order valence-electron chi connectivity index (χ4n) is 2.65. The van der Waals surface area contributed by atoms with Crippen molar-refractivity contribution < 1.29 is 8.78 Å². The van der Waals surface area contributed by atoms with Gasteiger partial charge in [0, 0.05) is 38.2 Å². The van der Waals surface area contributed by atoms with Gasteiger partial charge in [0.1, 0.15) is 5.82 Å². The summed E-state index contributed by atoms with van der Waals surface area (Å²) in [4.78, 5) is 8.80. The summed E-state index contributed by atoms with van der Waals surface area (Å²) in [5.41, 5.74) is 0.888. The normalized spacial score (nSPS) is 17.9. The van der Waals surface area contributed by atoms with Crippen molar-refractivity contribution in [2.45, 2.75) is 44.6 Å². The molecule has 0 amide bonds. The van der Waals surface area contributed by atoms with E-state index in [9.17, 15) is 8.78 Å². The van der Waals surface area contributed by atoms with E-state index in [2.05, 4.69) is 25.7 Å². The van der Waals surface area contributed by atoms with Crippen molar-refractivity contribution in [1.82, 2.24) is 19.7 Å². The molecule has 124 valence electrons. The predicted octanol–water partition coefficient (Wildman–Crippen LogP) is 3.00. The first-order valence-electron chi connectivity index (χ1n) is 7.69. The summed E-state index contributed by atoms with van der Waals surface area (Å²) in [6.45, 7) is 1.90. The second kappa shape index (κ2) is 6.10. The van der Waals surface area contributed by atoms with Gasteiger partial charge in [-0.15, -0.1) is 0 Å². The fraction of sp³-hybridized carbons (Fsp3) is 0.533. The molecule has 2 N–H and O–H groups in total. The van der Waals surface area contributed by atoms with Crippen LogP contribution in [0.25, 0.3) is 5.82 Å². The maximum absolute atomic E-state index is 13.2. The second-order valence-electron chi connectivity index (χ2n) is 5.86. The number of alkyl halides is 2. The molecule has 0 bridgehead atoms. The largest absolute Gasteiger partial charge is 0.373 e. The lowest BCUT2D eigenvalue weighted by molar-refractivity contribution is -0.0361. The highest BCUT2D eigenvalue weighted by atomic mass is 19.3. The molecule has 1 aliphatic carbocycles. The summed E-state index contributed by atoms with van der Waals surface area (Å²) >= 11 is 0. The van der Waals surface area contributed by atoms with Crippen LogP contribution in [0.1, 0.15) is 31.4 Å². The van der Waals surface area contributed by atoms with Crippen molar-refractivity contribution in [2.24, 2.45) is 0 Å². The fourth-order valence-corrected chi connectivity index (χ4v) is 2.65. The molecular formula is C15H20F2N6. The number of halogens is 2. The van der Waals surface area contributed by atoms with Crippen molar-refractivity contribution in [1.29, 1.82) is 0 Å². The number of anilines is 2. The topological polar surface area (TPSA) is 67.7 Å². The Morgan fingerprint density at radius 1 is 1.26 bits per heavy atom. The molecule has 0 spiro atoms. The van der Waals surface area contributed by atoms with Gasteiger partial charge < -0.3 is 10.6 Å². The number of nitrogens with one attached hydrogen (secondary N) is 2. The Hall–Kier alpha value is -2.25. The number of nitrogens with zero attached hydrogens (tertiary/aromatic N) is 4. The van der Waals surface area contributed by atoms with Gasteiger partial charge in [0.25, 0.3) is 0 Å². The Kier molecular flexibility index (Phi) is 4.14. The Labute approximate surface area is 133 Å². The van der Waals surface area contributed by atoms with E-state index in [1.807, 2.05) is 19.2 Å². The maximum atomic E-state index is 13.2. The van der Waals surface area contributed by atoms with Gasteiger partial charge in [-0.2, -0.15) is 15.1 Å². The third-order valence-electron chi connectivity index (χ3n) is 3.98. The van der Waals surface area contributed by atoms with Gasteiger partial charge in [-0.3, -0.25) is 0 Å². The van der Waals surface area contributed by atoms with Crippen LogP contribution in [0.3, 0.4) is 0 Å². The lowest BCUT2D eigenvalue weighted by Crippen LogP contribution is -2.32. The summed E-state index contributed by atoms with van der Waals surface area (Å²) in [7, 11) is 1.77. The zero-order valence-electron chi connectivity index (χ0n) is 13.2. The first-order chi connectivity index (χ1) is 10.9. The van der Waals surface area contributed by atoms with E-state index >= 15 is 0 Å². The van der Waals surface area contributed by atoms with E-state index in [-0.39, 0.29) is 18.9 Å². The first kappa shape index (κ1) is 15.6. The summed E-state index contributed by atoms with van der Waals surface area (Å²) in [5, 5.41) is 10.5. The SMILES string of the molecule is CNc1cc(-n2ccc(C)n2)nc(NC2CCC(F)(F)CC2)n1. The lowest BCUT2D eigenvalue weighted by atomic mass is 9.92. The van der Waals surface area contributed by atoms with Crippen molar-refractivity contribution in [3.8, 4) is 5.82 Å². The molecule has 0 saturated heterocycles. The molecule has 3 rings (SSSR count). The molecule has 0 atom stereocenters. The molecule has 0 aromatic carbocycles. The number of aryl methyl sites for hydroxylation is 1. The van der Waals surface area contributed by atoms with Gasteiger partial charge in [0.2, 0.25) is 11.9 Å². The number of rotatable bonds is 4. The Morgan fingerprint density at radius 3 is 2.61 bits per heavy atom. The standard InChI is InChI=1S/C15H20F2N6/c1-10-5-8-23(22-10)13-9-12(18-2)20-14(21-13)19-11-3-6-15(16,17)7-4-11/h5,8-9,11H,3-4,6-7H2,1-2H3,(H2,18,19,20,21). The molecule has 0 unspecified atom stereocenters. The van der Waals surface area contributed by atoms with E-state index in [0.717, 1.165) is 5.69 Å².